The SMILES string of the molecule is CCCCCC(CCCCC)NCCC1=CCCCC1. The monoisotopic (exact) mass is 279 g/mol. The van der Waals surface area contributed by atoms with Gasteiger partial charge in [-0.3, -0.25) is 0 Å². The summed E-state index contributed by atoms with van der Waals surface area (Å²) in [5, 5.41) is 3.84. The van der Waals surface area contributed by atoms with E-state index in [1.165, 1.54) is 90.0 Å². The molecule has 0 bridgehead atoms. The standard InChI is InChI=1S/C19H37N/c1-3-5-8-14-19(15-9-6-4-2)20-17-16-18-12-10-7-11-13-18/h12,19-20H,3-11,13-17H2,1-2H3. The molecule has 0 unspecified atom stereocenters. The molecule has 0 amide bonds. The predicted molar refractivity (Wildman–Crippen MR) is 91.2 cm³/mol. The van der Waals surface area contributed by atoms with E-state index in [4.69, 9.17) is 0 Å². The van der Waals surface area contributed by atoms with Gasteiger partial charge in [-0.2, -0.15) is 0 Å². The zero-order valence-corrected chi connectivity index (χ0v) is 14.1. The Bertz CT molecular complexity index is 234. The highest BCUT2D eigenvalue weighted by Crippen LogP contribution is 2.19. The van der Waals surface area contributed by atoms with E-state index in [2.05, 4.69) is 25.2 Å². The second kappa shape index (κ2) is 12.4. The number of hydrogen-bond donors (Lipinski definition) is 1. The van der Waals surface area contributed by atoms with Gasteiger partial charge in [-0.15, -0.1) is 0 Å². The molecule has 1 nitrogen and oxygen atoms in total. The van der Waals surface area contributed by atoms with Crippen LogP contribution in [0.25, 0.3) is 0 Å². The van der Waals surface area contributed by atoms with E-state index in [1.807, 2.05) is 0 Å². The third kappa shape index (κ3) is 8.79. The summed E-state index contributed by atoms with van der Waals surface area (Å²) in [4.78, 5) is 0. The van der Waals surface area contributed by atoms with Crippen molar-refractivity contribution in [1.29, 1.82) is 0 Å². The van der Waals surface area contributed by atoms with E-state index < -0.39 is 0 Å². The number of allylic oxidation sites excluding steroid dienone is 1. The van der Waals surface area contributed by atoms with Crippen molar-refractivity contribution in [2.24, 2.45) is 0 Å². The zero-order valence-electron chi connectivity index (χ0n) is 14.1. The van der Waals surface area contributed by atoms with Crippen molar-refractivity contribution in [3.63, 3.8) is 0 Å². The first-order valence-corrected chi connectivity index (χ1v) is 9.28. The number of nitrogens with one attached hydrogen (secondary N) is 1. The first-order valence-electron chi connectivity index (χ1n) is 9.28. The average Bonchev–Trinajstić information content (AvgIpc) is 2.48. The molecule has 0 radical (unpaired) electrons. The van der Waals surface area contributed by atoms with Crippen molar-refractivity contribution in [2.75, 3.05) is 6.54 Å². The Balaban J connectivity index is 2.17. The largest absolute Gasteiger partial charge is 0.314 e. The molecule has 0 aromatic heterocycles. The van der Waals surface area contributed by atoms with E-state index in [1.54, 1.807) is 5.57 Å². The minimum absolute atomic E-state index is 0.775. The molecule has 0 aromatic carbocycles. The smallest absolute Gasteiger partial charge is 0.00671 e. The lowest BCUT2D eigenvalue weighted by molar-refractivity contribution is 0.419. The van der Waals surface area contributed by atoms with Crippen LogP contribution in [0.5, 0.6) is 0 Å². The Kier molecular flexibility index (Phi) is 11.0. The van der Waals surface area contributed by atoms with Crippen LogP contribution >= 0.6 is 0 Å². The molecule has 0 heterocycles. The number of rotatable bonds is 12. The van der Waals surface area contributed by atoms with E-state index in [9.17, 15) is 0 Å². The lowest BCUT2D eigenvalue weighted by Crippen LogP contribution is -2.30. The minimum atomic E-state index is 0.775. The van der Waals surface area contributed by atoms with Crippen LogP contribution in [0.3, 0.4) is 0 Å². The van der Waals surface area contributed by atoms with Gasteiger partial charge in [0.05, 0.1) is 0 Å². The molecule has 20 heavy (non-hydrogen) atoms. The first-order chi connectivity index (χ1) is 9.86. The molecule has 1 heteroatoms. The molecule has 1 aliphatic carbocycles. The Hall–Kier alpha value is -0.300. The van der Waals surface area contributed by atoms with E-state index in [-0.39, 0.29) is 0 Å². The van der Waals surface area contributed by atoms with Gasteiger partial charge in [0, 0.05) is 6.04 Å². The Morgan fingerprint density at radius 2 is 1.70 bits per heavy atom. The van der Waals surface area contributed by atoms with Crippen LogP contribution in [0.2, 0.25) is 0 Å². The molecule has 1 rings (SSSR count). The quantitative estimate of drug-likeness (QED) is 0.341. The molecule has 0 saturated heterocycles. The van der Waals surface area contributed by atoms with Gasteiger partial charge in [0.25, 0.3) is 0 Å². The third-order valence-electron chi connectivity index (χ3n) is 4.58. The van der Waals surface area contributed by atoms with Gasteiger partial charge in [0.2, 0.25) is 0 Å². The van der Waals surface area contributed by atoms with Crippen LogP contribution in [0.1, 0.15) is 97.3 Å². The molecular weight excluding hydrogens is 242 g/mol. The molecule has 0 spiro atoms. The normalized spacial score (nSPS) is 15.7. The molecule has 0 aromatic rings. The maximum Gasteiger partial charge on any atom is 0.00671 e. The Labute approximate surface area is 127 Å². The van der Waals surface area contributed by atoms with Gasteiger partial charge in [-0.25, -0.2) is 0 Å². The van der Waals surface area contributed by atoms with Crippen LogP contribution in [0, 0.1) is 0 Å². The summed E-state index contributed by atoms with van der Waals surface area (Å²) in [7, 11) is 0. The molecule has 0 aliphatic heterocycles. The molecule has 0 fully saturated rings. The lowest BCUT2D eigenvalue weighted by Gasteiger charge is -2.20. The van der Waals surface area contributed by atoms with Crippen molar-refractivity contribution in [2.45, 2.75) is 103 Å². The van der Waals surface area contributed by atoms with Gasteiger partial charge in [-0.05, 0) is 51.5 Å². The minimum Gasteiger partial charge on any atom is -0.314 e. The van der Waals surface area contributed by atoms with Crippen LogP contribution in [0.4, 0.5) is 0 Å². The predicted octanol–water partition coefficient (Wildman–Crippen LogP) is 6.00. The molecule has 0 saturated carbocycles. The molecule has 0 atom stereocenters. The summed E-state index contributed by atoms with van der Waals surface area (Å²) in [5.41, 5.74) is 1.71. The summed E-state index contributed by atoms with van der Waals surface area (Å²) >= 11 is 0. The fourth-order valence-corrected chi connectivity index (χ4v) is 3.20. The highest BCUT2D eigenvalue weighted by Gasteiger charge is 2.08. The van der Waals surface area contributed by atoms with E-state index in [0.29, 0.717) is 0 Å². The fourth-order valence-electron chi connectivity index (χ4n) is 3.20. The van der Waals surface area contributed by atoms with Crippen LogP contribution in [-0.4, -0.2) is 12.6 Å². The average molecular weight is 280 g/mol. The fraction of sp³-hybridized carbons (Fsp3) is 0.895. The van der Waals surface area contributed by atoms with Crippen molar-refractivity contribution in [1.82, 2.24) is 5.32 Å². The van der Waals surface area contributed by atoms with E-state index >= 15 is 0 Å². The molecule has 118 valence electrons. The van der Waals surface area contributed by atoms with Crippen molar-refractivity contribution in [3.05, 3.63) is 11.6 Å². The second-order valence-electron chi connectivity index (χ2n) is 6.50. The summed E-state index contributed by atoms with van der Waals surface area (Å²) in [6.45, 7) is 5.80. The maximum absolute atomic E-state index is 3.84. The van der Waals surface area contributed by atoms with Crippen molar-refractivity contribution in [3.8, 4) is 0 Å². The molecule has 1 aliphatic rings. The van der Waals surface area contributed by atoms with Gasteiger partial charge >= 0.3 is 0 Å². The maximum atomic E-state index is 3.84. The Morgan fingerprint density at radius 3 is 2.25 bits per heavy atom. The van der Waals surface area contributed by atoms with E-state index in [0.717, 1.165) is 6.04 Å². The highest BCUT2D eigenvalue weighted by atomic mass is 14.9. The molecular formula is C19H37N. The van der Waals surface area contributed by atoms with Crippen LogP contribution in [0.15, 0.2) is 11.6 Å². The van der Waals surface area contributed by atoms with Crippen molar-refractivity contribution >= 4 is 0 Å². The summed E-state index contributed by atoms with van der Waals surface area (Å²) < 4.78 is 0. The topological polar surface area (TPSA) is 12.0 Å². The van der Waals surface area contributed by atoms with Crippen LogP contribution < -0.4 is 5.32 Å². The lowest BCUT2D eigenvalue weighted by atomic mass is 9.96. The number of hydrogen-bond acceptors (Lipinski definition) is 1. The summed E-state index contributed by atoms with van der Waals surface area (Å²) in [6, 6.07) is 0.775. The summed E-state index contributed by atoms with van der Waals surface area (Å²) in [6.07, 6.45) is 20.4. The first kappa shape index (κ1) is 17.8. The molecule has 1 N–H and O–H groups in total. The highest BCUT2D eigenvalue weighted by molar-refractivity contribution is 5.05. The number of unbranched alkanes of at least 4 members (excludes halogenated alkanes) is 4. The van der Waals surface area contributed by atoms with Crippen molar-refractivity contribution < 1.29 is 0 Å². The van der Waals surface area contributed by atoms with Gasteiger partial charge < -0.3 is 5.32 Å². The van der Waals surface area contributed by atoms with Crippen LogP contribution in [-0.2, 0) is 0 Å². The van der Waals surface area contributed by atoms with Gasteiger partial charge in [0.15, 0.2) is 0 Å². The Morgan fingerprint density at radius 1 is 1.00 bits per heavy atom. The third-order valence-corrected chi connectivity index (χ3v) is 4.58. The van der Waals surface area contributed by atoms with Gasteiger partial charge in [-0.1, -0.05) is 64.0 Å². The zero-order chi connectivity index (χ0) is 14.5. The summed E-state index contributed by atoms with van der Waals surface area (Å²) in [5.74, 6) is 0. The van der Waals surface area contributed by atoms with Gasteiger partial charge in [0.1, 0.15) is 0 Å². The second-order valence-corrected chi connectivity index (χ2v) is 6.50.